The maximum Gasteiger partial charge on any atom is 0.337 e. The number of hydrogen-bond donors (Lipinski definition) is 1. The molecule has 0 saturated heterocycles. The lowest BCUT2D eigenvalue weighted by Crippen LogP contribution is -2.26. The van der Waals surface area contributed by atoms with E-state index in [-0.39, 0.29) is 22.4 Å². The Bertz CT molecular complexity index is 685. The van der Waals surface area contributed by atoms with Crippen LogP contribution in [-0.4, -0.2) is 20.6 Å². The van der Waals surface area contributed by atoms with Crippen molar-refractivity contribution in [3.05, 3.63) is 27.1 Å². The number of aromatic nitrogens is 2. The Morgan fingerprint density at radius 3 is 2.74 bits per heavy atom. The average molecular weight is 280 g/mol. The normalized spacial score (nSPS) is 11.4. The van der Waals surface area contributed by atoms with Gasteiger partial charge in [-0.3, -0.25) is 9.36 Å². The molecule has 6 heteroatoms. The Morgan fingerprint density at radius 1 is 1.53 bits per heavy atom. The Hall–Kier alpha value is -1.69. The van der Waals surface area contributed by atoms with Crippen molar-refractivity contribution < 1.29 is 9.90 Å². The highest BCUT2D eigenvalue weighted by Gasteiger charge is 2.20. The maximum atomic E-state index is 12.5. The second-order valence-electron chi connectivity index (χ2n) is 4.72. The van der Waals surface area contributed by atoms with Crippen LogP contribution in [0.1, 0.15) is 49.3 Å². The molecule has 0 spiro atoms. The molecule has 0 unspecified atom stereocenters. The van der Waals surface area contributed by atoms with Gasteiger partial charge in [0.15, 0.2) is 0 Å². The lowest BCUT2D eigenvalue weighted by molar-refractivity contribution is 0.0699. The van der Waals surface area contributed by atoms with Crippen LogP contribution in [-0.2, 0) is 6.54 Å². The predicted octanol–water partition coefficient (Wildman–Crippen LogP) is 2.69. The number of aromatic carboxylic acids is 1. The minimum absolute atomic E-state index is 0.0534. The van der Waals surface area contributed by atoms with E-state index < -0.39 is 5.97 Å². The number of carboxylic acid groups (broad SMARTS) is 1. The summed E-state index contributed by atoms with van der Waals surface area (Å²) in [6.07, 6.45) is 0.805. The smallest absolute Gasteiger partial charge is 0.337 e. The van der Waals surface area contributed by atoms with Gasteiger partial charge in [0, 0.05) is 17.8 Å². The van der Waals surface area contributed by atoms with Gasteiger partial charge in [0.2, 0.25) is 0 Å². The number of carboxylic acids is 1. The summed E-state index contributed by atoms with van der Waals surface area (Å²) in [5.41, 5.74) is -0.188. The molecule has 0 radical (unpaired) electrons. The van der Waals surface area contributed by atoms with Crippen molar-refractivity contribution in [2.75, 3.05) is 0 Å². The molecular weight excluding hydrogens is 264 g/mol. The van der Waals surface area contributed by atoms with Gasteiger partial charge in [0.1, 0.15) is 10.7 Å². The highest BCUT2D eigenvalue weighted by Crippen LogP contribution is 2.23. The minimum Gasteiger partial charge on any atom is -0.478 e. The quantitative estimate of drug-likeness (QED) is 0.934. The number of thiophene rings is 1. The van der Waals surface area contributed by atoms with Gasteiger partial charge >= 0.3 is 5.97 Å². The van der Waals surface area contributed by atoms with Gasteiger partial charge in [-0.1, -0.05) is 20.8 Å². The molecule has 2 aromatic rings. The summed E-state index contributed by atoms with van der Waals surface area (Å²) in [4.78, 5) is 28.6. The average Bonchev–Trinajstić information content (AvgIpc) is 2.76. The first-order chi connectivity index (χ1) is 8.97. The minimum atomic E-state index is -1.08. The molecule has 0 amide bonds. The van der Waals surface area contributed by atoms with Crippen LogP contribution >= 0.6 is 11.3 Å². The fourth-order valence-corrected chi connectivity index (χ4v) is 2.99. The molecule has 0 aliphatic rings. The largest absolute Gasteiger partial charge is 0.478 e. The van der Waals surface area contributed by atoms with E-state index in [1.54, 1.807) is 4.57 Å². The molecule has 2 rings (SSSR count). The summed E-state index contributed by atoms with van der Waals surface area (Å²) in [5, 5.41) is 10.8. The molecule has 0 saturated carbocycles. The van der Waals surface area contributed by atoms with Crippen LogP contribution in [0.5, 0.6) is 0 Å². The van der Waals surface area contributed by atoms with Gasteiger partial charge in [0.05, 0.1) is 10.9 Å². The molecule has 2 aromatic heterocycles. The van der Waals surface area contributed by atoms with E-state index in [1.165, 1.54) is 16.7 Å². The van der Waals surface area contributed by atoms with E-state index in [0.717, 1.165) is 12.2 Å². The van der Waals surface area contributed by atoms with Gasteiger partial charge < -0.3 is 5.11 Å². The zero-order valence-corrected chi connectivity index (χ0v) is 12.0. The first-order valence-corrected chi connectivity index (χ1v) is 7.10. The highest BCUT2D eigenvalue weighted by molar-refractivity contribution is 7.17. The van der Waals surface area contributed by atoms with Crippen molar-refractivity contribution in [2.24, 2.45) is 0 Å². The van der Waals surface area contributed by atoms with Crippen molar-refractivity contribution in [1.82, 2.24) is 9.55 Å². The zero-order chi connectivity index (χ0) is 14.2. The fraction of sp³-hybridized carbons (Fsp3) is 0.462. The number of rotatable bonds is 4. The highest BCUT2D eigenvalue weighted by atomic mass is 32.1. The van der Waals surface area contributed by atoms with Crippen molar-refractivity contribution in [3.8, 4) is 0 Å². The van der Waals surface area contributed by atoms with Crippen LogP contribution in [0.15, 0.2) is 10.2 Å². The lowest BCUT2D eigenvalue weighted by atomic mass is 10.1. The Kier molecular flexibility index (Phi) is 3.71. The molecule has 19 heavy (non-hydrogen) atoms. The van der Waals surface area contributed by atoms with Crippen molar-refractivity contribution in [2.45, 2.75) is 39.7 Å². The fourth-order valence-electron chi connectivity index (χ4n) is 2.08. The second-order valence-corrected chi connectivity index (χ2v) is 5.57. The summed E-state index contributed by atoms with van der Waals surface area (Å²) >= 11 is 1.21. The van der Waals surface area contributed by atoms with E-state index in [9.17, 15) is 9.59 Å². The number of fused-ring (bicyclic) bond motifs is 1. The molecule has 0 aliphatic carbocycles. The van der Waals surface area contributed by atoms with Crippen molar-refractivity contribution >= 4 is 27.5 Å². The molecule has 2 heterocycles. The third kappa shape index (κ3) is 2.28. The predicted molar refractivity (Wildman–Crippen MR) is 75.2 cm³/mol. The number of nitrogens with zero attached hydrogens (tertiary/aromatic N) is 2. The Balaban J connectivity index is 2.84. The van der Waals surface area contributed by atoms with Gasteiger partial charge in [-0.25, -0.2) is 9.78 Å². The maximum absolute atomic E-state index is 12.5. The molecule has 0 fully saturated rings. The van der Waals surface area contributed by atoms with Gasteiger partial charge in [0.25, 0.3) is 5.56 Å². The molecule has 0 aliphatic heterocycles. The zero-order valence-electron chi connectivity index (χ0n) is 11.1. The third-order valence-corrected chi connectivity index (χ3v) is 3.79. The third-order valence-electron chi connectivity index (χ3n) is 2.92. The summed E-state index contributed by atoms with van der Waals surface area (Å²) in [7, 11) is 0. The Labute approximate surface area is 114 Å². The van der Waals surface area contributed by atoms with E-state index in [1.807, 2.05) is 20.8 Å². The second kappa shape index (κ2) is 5.13. The van der Waals surface area contributed by atoms with Crippen LogP contribution in [0.3, 0.4) is 0 Å². The van der Waals surface area contributed by atoms with Crippen LogP contribution in [0.2, 0.25) is 0 Å². The van der Waals surface area contributed by atoms with Gasteiger partial charge in [-0.05, 0) is 6.42 Å². The molecule has 0 aromatic carbocycles. The van der Waals surface area contributed by atoms with Crippen LogP contribution in [0.25, 0.3) is 10.2 Å². The van der Waals surface area contributed by atoms with E-state index in [4.69, 9.17) is 5.11 Å². The van der Waals surface area contributed by atoms with Gasteiger partial charge in [-0.15, -0.1) is 11.3 Å². The SMILES string of the molecule is CCCn1c(C(C)C)nc2scc(C(=O)O)c2c1=O. The molecule has 1 N–H and O–H groups in total. The van der Waals surface area contributed by atoms with E-state index in [0.29, 0.717) is 11.4 Å². The topological polar surface area (TPSA) is 72.2 Å². The number of carbonyl (C=O) groups is 1. The van der Waals surface area contributed by atoms with Crippen LogP contribution in [0, 0.1) is 0 Å². The summed E-state index contributed by atoms with van der Waals surface area (Å²) in [5.74, 6) is -0.234. The molecule has 0 atom stereocenters. The van der Waals surface area contributed by atoms with Gasteiger partial charge in [-0.2, -0.15) is 0 Å². The first-order valence-electron chi connectivity index (χ1n) is 6.22. The molecule has 102 valence electrons. The van der Waals surface area contributed by atoms with E-state index in [2.05, 4.69) is 4.98 Å². The first kappa shape index (κ1) is 13.7. The molecule has 5 nitrogen and oxygen atoms in total. The lowest BCUT2D eigenvalue weighted by Gasteiger charge is -2.14. The van der Waals surface area contributed by atoms with Crippen LogP contribution < -0.4 is 5.56 Å². The summed E-state index contributed by atoms with van der Waals surface area (Å²) in [6.45, 7) is 6.49. The monoisotopic (exact) mass is 280 g/mol. The van der Waals surface area contributed by atoms with Crippen molar-refractivity contribution in [1.29, 1.82) is 0 Å². The number of hydrogen-bond acceptors (Lipinski definition) is 4. The van der Waals surface area contributed by atoms with Crippen molar-refractivity contribution in [3.63, 3.8) is 0 Å². The summed E-state index contributed by atoms with van der Waals surface area (Å²) < 4.78 is 1.60. The van der Waals surface area contributed by atoms with E-state index >= 15 is 0 Å². The molecule has 0 bridgehead atoms. The summed E-state index contributed by atoms with van der Waals surface area (Å²) in [6, 6.07) is 0. The van der Waals surface area contributed by atoms with Crippen LogP contribution in [0.4, 0.5) is 0 Å². The molecular formula is C13H16N2O3S. The Morgan fingerprint density at radius 2 is 2.21 bits per heavy atom. The standard InChI is InChI=1S/C13H16N2O3S/c1-4-5-15-10(7(2)3)14-11-9(12(15)16)8(6-19-11)13(17)18/h6-7H,4-5H2,1-3H3,(H,17,18).